The quantitative estimate of drug-likeness (QED) is 0.844. The predicted molar refractivity (Wildman–Crippen MR) is 77.6 cm³/mol. The van der Waals surface area contributed by atoms with Gasteiger partial charge in [-0.3, -0.25) is 9.88 Å². The van der Waals surface area contributed by atoms with Gasteiger partial charge in [0.1, 0.15) is 0 Å². The Labute approximate surface area is 121 Å². The normalized spacial score (nSPS) is 30.4. The third-order valence-corrected chi connectivity index (χ3v) is 4.34. The summed E-state index contributed by atoms with van der Waals surface area (Å²) in [6, 6.07) is 6.72. The molecular formula is C16H24N2O2. The second-order valence-electron chi connectivity index (χ2n) is 5.71. The van der Waals surface area contributed by atoms with Crippen LogP contribution in [0.2, 0.25) is 0 Å². The molecule has 3 atom stereocenters. The molecule has 0 aromatic carbocycles. The van der Waals surface area contributed by atoms with E-state index in [1.54, 1.807) is 0 Å². The van der Waals surface area contributed by atoms with E-state index in [2.05, 4.69) is 28.9 Å². The Hall–Kier alpha value is -0.970. The summed E-state index contributed by atoms with van der Waals surface area (Å²) in [6.07, 6.45) is 2.80. The van der Waals surface area contributed by atoms with Crippen molar-refractivity contribution >= 4 is 0 Å². The van der Waals surface area contributed by atoms with Gasteiger partial charge in [-0.1, -0.05) is 6.07 Å². The highest BCUT2D eigenvalue weighted by atomic mass is 16.5. The van der Waals surface area contributed by atoms with Crippen LogP contribution in [0.25, 0.3) is 0 Å². The van der Waals surface area contributed by atoms with Gasteiger partial charge in [-0.15, -0.1) is 0 Å². The molecule has 1 aliphatic carbocycles. The van der Waals surface area contributed by atoms with E-state index in [1.165, 1.54) is 6.42 Å². The summed E-state index contributed by atoms with van der Waals surface area (Å²) in [6.45, 7) is 7.54. The Morgan fingerprint density at radius 1 is 1.40 bits per heavy atom. The number of nitrogens with zero attached hydrogens (tertiary/aromatic N) is 2. The molecular weight excluding hydrogens is 252 g/mol. The first-order chi connectivity index (χ1) is 9.78. The highest BCUT2D eigenvalue weighted by Crippen LogP contribution is 2.32. The first kappa shape index (κ1) is 14.0. The molecule has 2 bridgehead atoms. The fourth-order valence-corrected chi connectivity index (χ4v) is 3.47. The summed E-state index contributed by atoms with van der Waals surface area (Å²) >= 11 is 0. The lowest BCUT2D eigenvalue weighted by molar-refractivity contribution is -0.0498. The molecule has 1 aromatic heterocycles. The monoisotopic (exact) mass is 276 g/mol. The maximum absolute atomic E-state index is 5.96. The maximum atomic E-state index is 5.96. The lowest BCUT2D eigenvalue weighted by Crippen LogP contribution is -2.43. The van der Waals surface area contributed by atoms with Gasteiger partial charge in [-0.2, -0.15) is 0 Å². The summed E-state index contributed by atoms with van der Waals surface area (Å²) in [5.74, 6) is 0. The largest absolute Gasteiger partial charge is 0.374 e. The number of rotatable bonds is 4. The van der Waals surface area contributed by atoms with Gasteiger partial charge in [0, 0.05) is 31.4 Å². The summed E-state index contributed by atoms with van der Waals surface area (Å²) in [4.78, 5) is 7.12. The van der Waals surface area contributed by atoms with Crippen molar-refractivity contribution < 1.29 is 9.47 Å². The van der Waals surface area contributed by atoms with Crippen LogP contribution in [-0.2, 0) is 16.0 Å². The van der Waals surface area contributed by atoms with Crippen LogP contribution in [0.5, 0.6) is 0 Å². The third kappa shape index (κ3) is 2.87. The Morgan fingerprint density at radius 3 is 3.10 bits per heavy atom. The van der Waals surface area contributed by atoms with Crippen molar-refractivity contribution in [3.05, 3.63) is 29.6 Å². The van der Waals surface area contributed by atoms with Crippen LogP contribution in [0.15, 0.2) is 18.2 Å². The molecule has 1 saturated heterocycles. The Morgan fingerprint density at radius 2 is 2.30 bits per heavy atom. The fourth-order valence-electron chi connectivity index (χ4n) is 3.47. The lowest BCUT2D eigenvalue weighted by atomic mass is 10.1. The molecule has 110 valence electrons. The molecule has 0 radical (unpaired) electrons. The Balaban J connectivity index is 1.74. The smallest absolute Gasteiger partial charge is 0.0991 e. The van der Waals surface area contributed by atoms with Gasteiger partial charge < -0.3 is 9.47 Å². The van der Waals surface area contributed by atoms with Crippen molar-refractivity contribution in [1.29, 1.82) is 0 Å². The number of pyridine rings is 1. The lowest BCUT2D eigenvalue weighted by Gasteiger charge is -2.30. The minimum absolute atomic E-state index is 0.229. The zero-order valence-electron chi connectivity index (χ0n) is 12.4. The zero-order valence-corrected chi connectivity index (χ0v) is 12.4. The van der Waals surface area contributed by atoms with E-state index in [0.717, 1.165) is 44.1 Å². The first-order valence-electron chi connectivity index (χ1n) is 7.67. The van der Waals surface area contributed by atoms with Gasteiger partial charge in [0.05, 0.1) is 24.5 Å². The summed E-state index contributed by atoms with van der Waals surface area (Å²) in [5, 5.41) is 0. The number of aryl methyl sites for hydroxylation is 1. The molecule has 4 nitrogen and oxygen atoms in total. The van der Waals surface area contributed by atoms with E-state index in [-0.39, 0.29) is 12.2 Å². The highest BCUT2D eigenvalue weighted by molar-refractivity contribution is 5.10. The van der Waals surface area contributed by atoms with Gasteiger partial charge in [-0.05, 0) is 38.8 Å². The van der Waals surface area contributed by atoms with Crippen molar-refractivity contribution in [2.45, 2.75) is 51.5 Å². The average molecular weight is 276 g/mol. The number of hydrogen-bond acceptors (Lipinski definition) is 4. The first-order valence-corrected chi connectivity index (χ1v) is 7.67. The van der Waals surface area contributed by atoms with Crippen molar-refractivity contribution in [3.63, 3.8) is 0 Å². The number of hydrogen-bond donors (Lipinski definition) is 0. The van der Waals surface area contributed by atoms with Gasteiger partial charge in [-0.25, -0.2) is 0 Å². The van der Waals surface area contributed by atoms with Crippen LogP contribution >= 0.6 is 0 Å². The fraction of sp³-hybridized carbons (Fsp3) is 0.688. The molecule has 2 fully saturated rings. The van der Waals surface area contributed by atoms with Gasteiger partial charge in [0.15, 0.2) is 0 Å². The maximum Gasteiger partial charge on any atom is 0.0991 e. The van der Waals surface area contributed by atoms with E-state index in [1.807, 2.05) is 13.0 Å². The molecule has 4 heteroatoms. The third-order valence-electron chi connectivity index (χ3n) is 4.34. The van der Waals surface area contributed by atoms with E-state index < -0.39 is 0 Å². The van der Waals surface area contributed by atoms with Crippen molar-refractivity contribution in [2.75, 3.05) is 19.8 Å². The minimum Gasteiger partial charge on any atom is -0.374 e. The highest BCUT2D eigenvalue weighted by Gasteiger charge is 2.42. The molecule has 2 aliphatic rings. The standard InChI is InChI=1S/C16H24N2O2/c1-3-19-16-14-7-8-15(16)20-10-9-18(14)11-13-6-4-5-12(2)17-13/h4-6,14-16H,3,7-11H2,1-2H3/t14-,15-,16+/m1/s1. The van der Waals surface area contributed by atoms with Crippen molar-refractivity contribution in [3.8, 4) is 0 Å². The van der Waals surface area contributed by atoms with Gasteiger partial charge in [0.25, 0.3) is 0 Å². The summed E-state index contributed by atoms with van der Waals surface area (Å²) in [5.41, 5.74) is 2.23. The topological polar surface area (TPSA) is 34.6 Å². The van der Waals surface area contributed by atoms with E-state index in [0.29, 0.717) is 6.04 Å². The Bertz CT molecular complexity index is 452. The van der Waals surface area contributed by atoms with E-state index in [4.69, 9.17) is 9.47 Å². The van der Waals surface area contributed by atoms with Crippen LogP contribution < -0.4 is 0 Å². The molecule has 3 rings (SSSR count). The SMILES string of the molecule is CCO[C@H]1[C@H]2CC[C@H]1OCCN2Cc1cccc(C)n1. The van der Waals surface area contributed by atoms with Crippen LogP contribution in [0.4, 0.5) is 0 Å². The number of ether oxygens (including phenoxy) is 2. The molecule has 1 saturated carbocycles. The molecule has 20 heavy (non-hydrogen) atoms. The number of aromatic nitrogens is 1. The molecule has 1 aromatic rings. The second-order valence-corrected chi connectivity index (χ2v) is 5.71. The molecule has 0 N–H and O–H groups in total. The molecule has 2 heterocycles. The number of fused-ring (bicyclic) bond motifs is 2. The summed E-state index contributed by atoms with van der Waals surface area (Å²) in [7, 11) is 0. The van der Waals surface area contributed by atoms with Gasteiger partial charge in [0.2, 0.25) is 0 Å². The molecule has 1 aliphatic heterocycles. The van der Waals surface area contributed by atoms with Crippen LogP contribution in [0.3, 0.4) is 0 Å². The van der Waals surface area contributed by atoms with Crippen LogP contribution in [0, 0.1) is 6.92 Å². The average Bonchev–Trinajstić information content (AvgIpc) is 2.72. The predicted octanol–water partition coefficient (Wildman–Crippen LogP) is 2.16. The van der Waals surface area contributed by atoms with Crippen molar-refractivity contribution in [2.24, 2.45) is 0 Å². The molecule has 0 amide bonds. The molecule has 0 unspecified atom stereocenters. The van der Waals surface area contributed by atoms with Crippen molar-refractivity contribution in [1.82, 2.24) is 9.88 Å². The van der Waals surface area contributed by atoms with Gasteiger partial charge >= 0.3 is 0 Å². The Kier molecular flexibility index (Phi) is 4.34. The van der Waals surface area contributed by atoms with E-state index >= 15 is 0 Å². The zero-order chi connectivity index (χ0) is 13.9. The van der Waals surface area contributed by atoms with E-state index in [9.17, 15) is 0 Å². The van der Waals surface area contributed by atoms with Crippen LogP contribution in [0.1, 0.15) is 31.2 Å². The summed E-state index contributed by atoms with van der Waals surface area (Å²) < 4.78 is 11.9. The minimum atomic E-state index is 0.229. The molecule has 0 spiro atoms. The van der Waals surface area contributed by atoms with Crippen LogP contribution in [-0.4, -0.2) is 47.9 Å². The second kappa shape index (κ2) is 6.20.